The van der Waals surface area contributed by atoms with E-state index in [1.165, 1.54) is 0 Å². The molecule has 3 aromatic carbocycles. The molecule has 0 spiro atoms. The lowest BCUT2D eigenvalue weighted by Crippen LogP contribution is -2.33. The van der Waals surface area contributed by atoms with Gasteiger partial charge < -0.3 is 14.0 Å². The van der Waals surface area contributed by atoms with Crippen molar-refractivity contribution in [3.63, 3.8) is 0 Å². The molecule has 2 aliphatic rings. The van der Waals surface area contributed by atoms with Crippen LogP contribution in [0, 0.1) is 0 Å². The highest BCUT2D eigenvalue weighted by Crippen LogP contribution is 2.42. The molecule has 7 heteroatoms. The highest BCUT2D eigenvalue weighted by atomic mass is 35.5. The van der Waals surface area contributed by atoms with Crippen LogP contribution in [0.3, 0.4) is 0 Å². The molecule has 2 aliphatic heterocycles. The van der Waals surface area contributed by atoms with Crippen molar-refractivity contribution < 1.29 is 14.3 Å². The van der Waals surface area contributed by atoms with Crippen LogP contribution in [0.2, 0.25) is 10.0 Å². The first-order chi connectivity index (χ1) is 17.0. The molecular weight excluding hydrogens is 483 g/mol. The Morgan fingerprint density at radius 2 is 1.94 bits per heavy atom. The van der Waals surface area contributed by atoms with Gasteiger partial charge in [-0.05, 0) is 48.4 Å². The third-order valence-electron chi connectivity index (χ3n) is 6.61. The van der Waals surface area contributed by atoms with Crippen molar-refractivity contribution in [3.05, 3.63) is 98.9 Å². The van der Waals surface area contributed by atoms with Crippen molar-refractivity contribution in [1.82, 2.24) is 9.47 Å². The summed E-state index contributed by atoms with van der Waals surface area (Å²) in [6.07, 6.45) is 4.61. The Morgan fingerprint density at radius 1 is 1.09 bits per heavy atom. The largest absolute Gasteiger partial charge is 0.478 e. The molecule has 4 aromatic rings. The molecule has 0 N–H and O–H groups in total. The molecule has 0 bridgehead atoms. The number of ketones is 1. The van der Waals surface area contributed by atoms with Crippen molar-refractivity contribution in [2.45, 2.75) is 13.0 Å². The van der Waals surface area contributed by atoms with Crippen molar-refractivity contribution in [2.75, 3.05) is 13.3 Å². The van der Waals surface area contributed by atoms with Gasteiger partial charge in [0.25, 0.3) is 0 Å². The van der Waals surface area contributed by atoms with Crippen LogP contribution in [0.5, 0.6) is 11.5 Å². The zero-order valence-electron chi connectivity index (χ0n) is 19.1. The molecule has 5 nitrogen and oxygen atoms in total. The Morgan fingerprint density at radius 3 is 2.80 bits per heavy atom. The number of ether oxygens (including phenoxy) is 2. The molecule has 0 saturated heterocycles. The summed E-state index contributed by atoms with van der Waals surface area (Å²) in [6.45, 7) is 1.83. The first-order valence-electron chi connectivity index (χ1n) is 11.4. The number of halogens is 2. The van der Waals surface area contributed by atoms with Crippen LogP contribution in [0.1, 0.15) is 27.0 Å². The number of nitrogens with zero attached hydrogens (tertiary/aromatic N) is 2. The van der Waals surface area contributed by atoms with E-state index in [9.17, 15) is 4.79 Å². The van der Waals surface area contributed by atoms with E-state index in [1.807, 2.05) is 49.7 Å². The number of hydrogen-bond acceptors (Lipinski definition) is 4. The first-order valence-corrected chi connectivity index (χ1v) is 12.2. The van der Waals surface area contributed by atoms with Crippen LogP contribution in [-0.2, 0) is 20.0 Å². The second-order valence-electron chi connectivity index (χ2n) is 8.88. The van der Waals surface area contributed by atoms with Gasteiger partial charge in [0, 0.05) is 52.8 Å². The van der Waals surface area contributed by atoms with Gasteiger partial charge in [-0.2, -0.15) is 0 Å². The standard InChI is InChI=1S/C28H22Cl2N2O3/c1-31-14-18(20-4-2-3-5-24(20)31)12-26-27(33)21-8-9-25-22(28(21)35-26)15-32(16-34-25)11-10-17-6-7-19(29)13-23(17)30/h2-9,12-14H,10-11,15-16H2,1H3/b26-12-. The molecule has 6 rings (SSSR count). The molecule has 35 heavy (non-hydrogen) atoms. The van der Waals surface area contributed by atoms with Crippen LogP contribution in [-0.4, -0.2) is 28.5 Å². The first kappa shape index (κ1) is 22.2. The maximum Gasteiger partial charge on any atom is 0.231 e. The average Bonchev–Trinajstić information content (AvgIpc) is 3.35. The van der Waals surface area contributed by atoms with Crippen LogP contribution in [0.4, 0.5) is 0 Å². The van der Waals surface area contributed by atoms with E-state index in [4.69, 9.17) is 32.7 Å². The predicted molar refractivity (Wildman–Crippen MR) is 138 cm³/mol. The summed E-state index contributed by atoms with van der Waals surface area (Å²) in [5.74, 6) is 1.56. The number of benzene rings is 3. The van der Waals surface area contributed by atoms with Gasteiger partial charge >= 0.3 is 0 Å². The molecule has 0 fully saturated rings. The zero-order valence-corrected chi connectivity index (χ0v) is 20.6. The zero-order chi connectivity index (χ0) is 24.1. The van der Waals surface area contributed by atoms with E-state index in [1.54, 1.807) is 12.1 Å². The maximum atomic E-state index is 13.2. The topological polar surface area (TPSA) is 43.7 Å². The Bertz CT molecular complexity index is 1520. The maximum absolute atomic E-state index is 13.2. The predicted octanol–water partition coefficient (Wildman–Crippen LogP) is 6.50. The van der Waals surface area contributed by atoms with E-state index < -0.39 is 0 Å². The van der Waals surface area contributed by atoms with E-state index in [0.29, 0.717) is 40.4 Å². The smallest absolute Gasteiger partial charge is 0.231 e. The third kappa shape index (κ3) is 4.00. The minimum atomic E-state index is -0.110. The summed E-state index contributed by atoms with van der Waals surface area (Å²) in [5.41, 5.74) is 4.55. The highest BCUT2D eigenvalue weighted by molar-refractivity contribution is 6.35. The molecule has 0 radical (unpaired) electrons. The van der Waals surface area contributed by atoms with Gasteiger partial charge in [0.05, 0.1) is 11.1 Å². The number of hydrogen-bond donors (Lipinski definition) is 0. The number of carbonyl (C=O) groups excluding carboxylic acids is 1. The van der Waals surface area contributed by atoms with Crippen LogP contribution >= 0.6 is 23.2 Å². The van der Waals surface area contributed by atoms with Crippen molar-refractivity contribution >= 4 is 46.0 Å². The lowest BCUT2D eigenvalue weighted by molar-refractivity contribution is 0.0950. The fourth-order valence-corrected chi connectivity index (χ4v) is 5.28. The summed E-state index contributed by atoms with van der Waals surface area (Å²) in [5, 5.41) is 2.36. The molecular formula is C28H22Cl2N2O3. The Kier molecular flexibility index (Phi) is 5.56. The summed E-state index contributed by atoms with van der Waals surface area (Å²) in [6, 6.07) is 17.3. The van der Waals surface area contributed by atoms with Crippen molar-refractivity contribution in [2.24, 2.45) is 7.05 Å². The monoisotopic (exact) mass is 504 g/mol. The van der Waals surface area contributed by atoms with Gasteiger partial charge in [0.2, 0.25) is 5.78 Å². The number of rotatable bonds is 4. The molecule has 0 aliphatic carbocycles. The second-order valence-corrected chi connectivity index (χ2v) is 9.73. The number of allylic oxidation sites excluding steroid dienone is 1. The number of aromatic nitrogens is 1. The molecule has 0 saturated carbocycles. The molecule has 0 unspecified atom stereocenters. The van der Waals surface area contributed by atoms with E-state index in [-0.39, 0.29) is 5.78 Å². The number of fused-ring (bicyclic) bond motifs is 4. The van der Waals surface area contributed by atoms with Crippen LogP contribution in [0.25, 0.3) is 17.0 Å². The molecule has 176 valence electrons. The summed E-state index contributed by atoms with van der Waals surface area (Å²) in [4.78, 5) is 15.4. The van der Waals surface area contributed by atoms with Gasteiger partial charge in [-0.25, -0.2) is 0 Å². The lowest BCUT2D eigenvalue weighted by atomic mass is 10.0. The van der Waals surface area contributed by atoms with Gasteiger partial charge in [-0.1, -0.05) is 47.5 Å². The average molecular weight is 505 g/mol. The Labute approximate surface area is 213 Å². The summed E-state index contributed by atoms with van der Waals surface area (Å²) in [7, 11) is 2.00. The number of aryl methyl sites for hydroxylation is 1. The SMILES string of the molecule is Cn1cc(/C=C2\Oc3c(ccc4c3CN(CCc3ccc(Cl)cc3Cl)CO4)C2=O)c2ccccc21. The molecule has 0 atom stereocenters. The van der Waals surface area contributed by atoms with Crippen LogP contribution in [0.15, 0.2) is 66.6 Å². The molecule has 1 aromatic heterocycles. The summed E-state index contributed by atoms with van der Waals surface area (Å²) >= 11 is 12.4. The third-order valence-corrected chi connectivity index (χ3v) is 7.20. The summed E-state index contributed by atoms with van der Waals surface area (Å²) < 4.78 is 14.2. The van der Waals surface area contributed by atoms with Gasteiger partial charge in [0.1, 0.15) is 18.2 Å². The van der Waals surface area contributed by atoms with E-state index in [0.717, 1.165) is 46.3 Å². The van der Waals surface area contributed by atoms with E-state index >= 15 is 0 Å². The number of carbonyl (C=O) groups is 1. The Balaban J connectivity index is 1.26. The normalized spacial score (nSPS) is 16.3. The Hall–Kier alpha value is -3.25. The van der Waals surface area contributed by atoms with Gasteiger partial charge in [-0.15, -0.1) is 0 Å². The highest BCUT2D eigenvalue weighted by Gasteiger charge is 2.33. The van der Waals surface area contributed by atoms with Crippen molar-refractivity contribution in [3.8, 4) is 11.5 Å². The second kappa shape index (κ2) is 8.76. The minimum absolute atomic E-state index is 0.110. The molecule has 0 amide bonds. The fraction of sp³-hybridized carbons (Fsp3) is 0.179. The van der Waals surface area contributed by atoms with Crippen molar-refractivity contribution in [1.29, 1.82) is 0 Å². The number of para-hydroxylation sites is 1. The lowest BCUT2D eigenvalue weighted by Gasteiger charge is -2.29. The quantitative estimate of drug-likeness (QED) is 0.297. The molecule has 3 heterocycles. The minimum Gasteiger partial charge on any atom is -0.478 e. The van der Waals surface area contributed by atoms with Gasteiger partial charge in [0.15, 0.2) is 5.76 Å². The number of Topliss-reactive ketones (excluding diaryl/α,β-unsaturated/α-hetero) is 1. The fourth-order valence-electron chi connectivity index (χ4n) is 4.78. The van der Waals surface area contributed by atoms with E-state index in [2.05, 4.69) is 21.6 Å². The van der Waals surface area contributed by atoms with Gasteiger partial charge in [-0.3, -0.25) is 9.69 Å². The van der Waals surface area contributed by atoms with Crippen LogP contribution < -0.4 is 9.47 Å².